The monoisotopic (exact) mass is 701 g/mol. The van der Waals surface area contributed by atoms with Gasteiger partial charge in [0, 0.05) is 27.9 Å². The van der Waals surface area contributed by atoms with Crippen LogP contribution in [-0.4, -0.2) is 0 Å². The molecule has 4 bridgehead atoms. The van der Waals surface area contributed by atoms with Crippen molar-refractivity contribution in [2.24, 2.45) is 23.7 Å². The number of hydrogen-bond acceptors (Lipinski definition) is 1. The first kappa shape index (κ1) is 32.5. The van der Waals surface area contributed by atoms with Crippen LogP contribution in [0.1, 0.15) is 94.5 Å². The van der Waals surface area contributed by atoms with Gasteiger partial charge in [-0.05, 0) is 159 Å². The van der Waals surface area contributed by atoms with Gasteiger partial charge < -0.3 is 4.90 Å². The predicted octanol–water partition coefficient (Wildman–Crippen LogP) is 14.1. The van der Waals surface area contributed by atoms with E-state index in [-0.39, 0.29) is 16.2 Å². The average molecular weight is 702 g/mol. The van der Waals surface area contributed by atoms with Gasteiger partial charge in [-0.2, -0.15) is 0 Å². The molecule has 0 radical (unpaired) electrons. The Morgan fingerprint density at radius 2 is 1.00 bits per heavy atom. The first-order chi connectivity index (χ1) is 26.1. The van der Waals surface area contributed by atoms with Gasteiger partial charge in [0.15, 0.2) is 0 Å². The second-order valence-corrected chi connectivity index (χ2v) is 19.0. The Hall–Kier alpha value is -4.88. The normalized spacial score (nSPS) is 25.0. The molecule has 0 saturated heterocycles. The van der Waals surface area contributed by atoms with Crippen LogP contribution >= 0.6 is 0 Å². The molecule has 1 heteroatoms. The SMILES string of the molecule is CC(C)(C)c1ccc(N(c2ccc(-c3cccc4c3C(C)(C)c3ccccc3-4)cc2)c2ccc3c(c2)C2(c4ccccc4-3)C3CC4CC(C3)CC2C4)cc1. The third-order valence-corrected chi connectivity index (χ3v) is 14.8. The van der Waals surface area contributed by atoms with E-state index in [9.17, 15) is 0 Å². The summed E-state index contributed by atoms with van der Waals surface area (Å²) >= 11 is 0. The van der Waals surface area contributed by atoms with Crippen LogP contribution < -0.4 is 4.90 Å². The molecule has 4 saturated carbocycles. The van der Waals surface area contributed by atoms with Crippen molar-refractivity contribution >= 4 is 17.1 Å². The molecule has 1 nitrogen and oxygen atoms in total. The predicted molar refractivity (Wildman–Crippen MR) is 226 cm³/mol. The molecule has 1 spiro atoms. The summed E-state index contributed by atoms with van der Waals surface area (Å²) in [6.07, 6.45) is 7.07. The molecule has 6 aromatic carbocycles. The van der Waals surface area contributed by atoms with E-state index in [1.165, 1.54) is 99.2 Å². The lowest BCUT2D eigenvalue weighted by Crippen LogP contribution is -2.55. The minimum absolute atomic E-state index is 0.0576. The molecule has 54 heavy (non-hydrogen) atoms. The van der Waals surface area contributed by atoms with Crippen LogP contribution in [0.3, 0.4) is 0 Å². The van der Waals surface area contributed by atoms with E-state index in [0.717, 1.165) is 23.7 Å². The topological polar surface area (TPSA) is 3.24 Å². The van der Waals surface area contributed by atoms with Gasteiger partial charge in [-0.3, -0.25) is 0 Å². The molecule has 4 fully saturated rings. The number of anilines is 3. The molecule has 0 aromatic heterocycles. The van der Waals surface area contributed by atoms with Gasteiger partial charge in [0.25, 0.3) is 0 Å². The standard InChI is InChI=1S/C53H51N/c1-51(2,3)36-19-23-40(24-20-36)54(39-21-17-35(18-22-39)42-13-10-14-46-44-12-6-8-15-47(44)52(4,5)50(42)46)41-25-26-45-43-11-7-9-16-48(43)53(49(45)32-41)37-28-33-27-34(30-37)31-38(53)29-33/h6-26,32-34,37-38H,27-31H2,1-5H3. The van der Waals surface area contributed by atoms with Crippen molar-refractivity contribution in [1.82, 2.24) is 0 Å². The zero-order chi connectivity index (χ0) is 36.6. The number of benzene rings is 6. The van der Waals surface area contributed by atoms with Crippen LogP contribution in [0, 0.1) is 23.7 Å². The van der Waals surface area contributed by atoms with E-state index >= 15 is 0 Å². The number of rotatable bonds is 4. The number of nitrogens with zero attached hydrogens (tertiary/aromatic N) is 1. The number of hydrogen-bond donors (Lipinski definition) is 0. The molecule has 6 aliphatic rings. The molecular formula is C53H51N. The second kappa shape index (κ2) is 11.3. The van der Waals surface area contributed by atoms with Crippen molar-refractivity contribution in [1.29, 1.82) is 0 Å². The highest BCUT2D eigenvalue weighted by molar-refractivity contribution is 5.90. The molecule has 12 rings (SSSR count). The molecule has 0 unspecified atom stereocenters. The summed E-state index contributed by atoms with van der Waals surface area (Å²) in [6, 6.07) is 51.7. The first-order valence-electron chi connectivity index (χ1n) is 20.6. The summed E-state index contributed by atoms with van der Waals surface area (Å²) in [5.74, 6) is 3.35. The molecule has 0 heterocycles. The third-order valence-electron chi connectivity index (χ3n) is 14.8. The lowest BCUT2D eigenvalue weighted by Gasteiger charge is -2.61. The fourth-order valence-corrected chi connectivity index (χ4v) is 12.7. The van der Waals surface area contributed by atoms with Crippen LogP contribution in [0.25, 0.3) is 33.4 Å². The fraction of sp³-hybridized carbons (Fsp3) is 0.321. The quantitative estimate of drug-likeness (QED) is 0.177. The fourth-order valence-electron chi connectivity index (χ4n) is 12.7. The maximum absolute atomic E-state index is 2.63. The Labute approximate surface area is 322 Å². The van der Waals surface area contributed by atoms with E-state index in [4.69, 9.17) is 0 Å². The summed E-state index contributed by atoms with van der Waals surface area (Å²) in [4.78, 5) is 2.53. The Kier molecular flexibility index (Phi) is 6.83. The molecule has 268 valence electrons. The van der Waals surface area contributed by atoms with Crippen molar-refractivity contribution in [2.45, 2.75) is 83.0 Å². The largest absolute Gasteiger partial charge is 0.310 e. The van der Waals surface area contributed by atoms with Crippen molar-refractivity contribution in [3.05, 3.63) is 161 Å². The Morgan fingerprint density at radius 1 is 0.481 bits per heavy atom. The van der Waals surface area contributed by atoms with E-state index < -0.39 is 0 Å². The Balaban J connectivity index is 1.05. The highest BCUT2D eigenvalue weighted by atomic mass is 15.1. The van der Waals surface area contributed by atoms with E-state index in [1.54, 1.807) is 11.1 Å². The minimum atomic E-state index is -0.0576. The van der Waals surface area contributed by atoms with Crippen molar-refractivity contribution in [3.63, 3.8) is 0 Å². The molecule has 6 aromatic rings. The maximum atomic E-state index is 2.63. The lowest BCUT2D eigenvalue weighted by atomic mass is 9.43. The van der Waals surface area contributed by atoms with Crippen molar-refractivity contribution in [2.75, 3.05) is 4.90 Å². The highest BCUT2D eigenvalue weighted by Gasteiger charge is 2.61. The third kappa shape index (κ3) is 4.45. The molecular weight excluding hydrogens is 651 g/mol. The summed E-state index contributed by atoms with van der Waals surface area (Å²) in [5.41, 5.74) is 19.6. The van der Waals surface area contributed by atoms with Gasteiger partial charge in [-0.1, -0.05) is 132 Å². The zero-order valence-electron chi connectivity index (χ0n) is 32.5. The number of fused-ring (bicyclic) bond motifs is 6. The Morgan fingerprint density at radius 3 is 1.65 bits per heavy atom. The molecule has 0 atom stereocenters. The summed E-state index contributed by atoms with van der Waals surface area (Å²) in [5, 5.41) is 0. The first-order valence-corrected chi connectivity index (χ1v) is 20.6. The van der Waals surface area contributed by atoms with E-state index in [2.05, 4.69) is 173 Å². The van der Waals surface area contributed by atoms with Crippen LogP contribution in [0.2, 0.25) is 0 Å². The zero-order valence-corrected chi connectivity index (χ0v) is 32.5. The van der Waals surface area contributed by atoms with Crippen LogP contribution in [-0.2, 0) is 16.2 Å². The molecule has 0 N–H and O–H groups in total. The van der Waals surface area contributed by atoms with Gasteiger partial charge >= 0.3 is 0 Å². The molecule has 0 amide bonds. The van der Waals surface area contributed by atoms with Gasteiger partial charge in [0.2, 0.25) is 0 Å². The highest BCUT2D eigenvalue weighted by Crippen LogP contribution is 2.69. The minimum Gasteiger partial charge on any atom is -0.310 e. The van der Waals surface area contributed by atoms with Gasteiger partial charge in [0.1, 0.15) is 0 Å². The van der Waals surface area contributed by atoms with Crippen molar-refractivity contribution in [3.8, 4) is 33.4 Å². The molecule has 6 aliphatic carbocycles. The van der Waals surface area contributed by atoms with Crippen LogP contribution in [0.15, 0.2) is 133 Å². The van der Waals surface area contributed by atoms with Gasteiger partial charge in [0.05, 0.1) is 0 Å². The molecule has 0 aliphatic heterocycles. The second-order valence-electron chi connectivity index (χ2n) is 19.0. The average Bonchev–Trinajstić information content (AvgIpc) is 3.60. The van der Waals surface area contributed by atoms with Gasteiger partial charge in [-0.25, -0.2) is 0 Å². The lowest BCUT2D eigenvalue weighted by molar-refractivity contribution is -0.0399. The maximum Gasteiger partial charge on any atom is 0.0465 e. The van der Waals surface area contributed by atoms with E-state index in [1.807, 2.05) is 0 Å². The summed E-state index contributed by atoms with van der Waals surface area (Å²) in [6.45, 7) is 11.7. The Bertz CT molecular complexity index is 2430. The van der Waals surface area contributed by atoms with Gasteiger partial charge in [-0.15, -0.1) is 0 Å². The summed E-state index contributed by atoms with van der Waals surface area (Å²) in [7, 11) is 0. The summed E-state index contributed by atoms with van der Waals surface area (Å²) < 4.78 is 0. The smallest absolute Gasteiger partial charge is 0.0465 e. The van der Waals surface area contributed by atoms with Crippen LogP contribution in [0.5, 0.6) is 0 Å². The van der Waals surface area contributed by atoms with Crippen molar-refractivity contribution < 1.29 is 0 Å². The van der Waals surface area contributed by atoms with E-state index in [0.29, 0.717) is 0 Å². The van der Waals surface area contributed by atoms with Crippen LogP contribution in [0.4, 0.5) is 17.1 Å².